The van der Waals surface area contributed by atoms with E-state index in [9.17, 15) is 4.79 Å². The standard InChI is InChI=1S/C20H23N5O3S/c1-20(2,3)12-4-5-13-11(8-12)9-14(29-13)18-25-24-15(28-18)10-27-19(26)16-17(21)23-7-6-22-16/h6-7,9,12H,4-5,8,10H2,1-3H3,(H2,21,23)/t12-/m1/s1. The summed E-state index contributed by atoms with van der Waals surface area (Å²) in [5, 5.41) is 8.10. The Kier molecular flexibility index (Phi) is 5.08. The molecule has 3 aromatic heterocycles. The maximum atomic E-state index is 12.1. The molecule has 4 rings (SSSR count). The number of nitrogen functional groups attached to an aromatic ring is 1. The van der Waals surface area contributed by atoms with Crippen LogP contribution >= 0.6 is 11.3 Å². The molecule has 0 saturated carbocycles. The molecule has 0 amide bonds. The Morgan fingerprint density at radius 3 is 2.86 bits per heavy atom. The Morgan fingerprint density at radius 2 is 2.10 bits per heavy atom. The maximum Gasteiger partial charge on any atom is 0.361 e. The fraction of sp³-hybridized carbons (Fsp3) is 0.450. The Labute approximate surface area is 172 Å². The Bertz CT molecular complexity index is 1040. The minimum atomic E-state index is -0.685. The van der Waals surface area contributed by atoms with Crippen molar-refractivity contribution < 1.29 is 13.9 Å². The van der Waals surface area contributed by atoms with Crippen molar-refractivity contribution in [1.82, 2.24) is 20.2 Å². The molecule has 3 aromatic rings. The van der Waals surface area contributed by atoms with Crippen LogP contribution in [0.3, 0.4) is 0 Å². The van der Waals surface area contributed by atoms with Crippen LogP contribution in [0.25, 0.3) is 10.8 Å². The van der Waals surface area contributed by atoms with E-state index in [-0.39, 0.29) is 24.0 Å². The summed E-state index contributed by atoms with van der Waals surface area (Å²) in [6.45, 7) is 6.75. The summed E-state index contributed by atoms with van der Waals surface area (Å²) in [6, 6.07) is 2.15. The van der Waals surface area contributed by atoms with E-state index >= 15 is 0 Å². The monoisotopic (exact) mass is 413 g/mol. The summed E-state index contributed by atoms with van der Waals surface area (Å²) < 4.78 is 10.9. The number of rotatable bonds is 4. The number of nitrogens with two attached hydrogens (primary N) is 1. The molecule has 0 aliphatic heterocycles. The molecule has 29 heavy (non-hydrogen) atoms. The average Bonchev–Trinajstić information content (AvgIpc) is 3.31. The van der Waals surface area contributed by atoms with Gasteiger partial charge in [0.2, 0.25) is 0 Å². The Balaban J connectivity index is 1.43. The summed E-state index contributed by atoms with van der Waals surface area (Å²) in [6.07, 6.45) is 6.14. The van der Waals surface area contributed by atoms with Gasteiger partial charge in [-0.25, -0.2) is 14.8 Å². The number of thiophene rings is 1. The van der Waals surface area contributed by atoms with Gasteiger partial charge in [0, 0.05) is 17.3 Å². The normalized spacial score (nSPS) is 16.4. The molecular formula is C20H23N5O3S. The molecule has 0 aromatic carbocycles. The van der Waals surface area contributed by atoms with Crippen LogP contribution in [0.4, 0.5) is 5.82 Å². The third-order valence-corrected chi connectivity index (χ3v) is 6.46. The predicted octanol–water partition coefficient (Wildman–Crippen LogP) is 3.68. The molecule has 9 heteroatoms. The molecule has 1 aliphatic carbocycles. The highest BCUT2D eigenvalue weighted by atomic mass is 32.1. The van der Waals surface area contributed by atoms with Crippen LogP contribution in [0.1, 0.15) is 54.0 Å². The van der Waals surface area contributed by atoms with Gasteiger partial charge in [0.05, 0.1) is 4.88 Å². The van der Waals surface area contributed by atoms with Gasteiger partial charge < -0.3 is 14.9 Å². The number of aromatic nitrogens is 4. The highest BCUT2D eigenvalue weighted by Gasteiger charge is 2.30. The van der Waals surface area contributed by atoms with Crippen molar-refractivity contribution in [2.75, 3.05) is 5.73 Å². The zero-order valence-electron chi connectivity index (χ0n) is 16.6. The summed E-state index contributed by atoms with van der Waals surface area (Å²) >= 11 is 1.70. The molecule has 1 aliphatic rings. The van der Waals surface area contributed by atoms with Crippen molar-refractivity contribution >= 4 is 23.1 Å². The van der Waals surface area contributed by atoms with Gasteiger partial charge in [-0.15, -0.1) is 21.5 Å². The number of fused-ring (bicyclic) bond motifs is 1. The number of ether oxygens (including phenoxy) is 1. The smallest absolute Gasteiger partial charge is 0.361 e. The third kappa shape index (κ3) is 4.14. The molecule has 1 atom stereocenters. The molecule has 152 valence electrons. The lowest BCUT2D eigenvalue weighted by Crippen LogP contribution is -2.26. The van der Waals surface area contributed by atoms with Gasteiger partial charge in [-0.1, -0.05) is 20.8 Å². The van der Waals surface area contributed by atoms with Crippen LogP contribution in [0.15, 0.2) is 22.9 Å². The van der Waals surface area contributed by atoms with Crippen LogP contribution in [-0.4, -0.2) is 26.1 Å². The first-order valence-corrected chi connectivity index (χ1v) is 10.3. The second-order valence-corrected chi connectivity index (χ2v) is 9.37. The lowest BCUT2D eigenvalue weighted by molar-refractivity contribution is 0.0432. The van der Waals surface area contributed by atoms with E-state index in [1.807, 2.05) is 0 Å². The molecule has 0 bridgehead atoms. The van der Waals surface area contributed by atoms with Gasteiger partial charge in [-0.2, -0.15) is 0 Å². The molecule has 0 spiro atoms. The molecule has 0 saturated heterocycles. The predicted molar refractivity (Wildman–Crippen MR) is 108 cm³/mol. The molecule has 2 N–H and O–H groups in total. The van der Waals surface area contributed by atoms with Gasteiger partial charge in [-0.3, -0.25) is 0 Å². The fourth-order valence-electron chi connectivity index (χ4n) is 3.48. The number of anilines is 1. The van der Waals surface area contributed by atoms with Gasteiger partial charge in [0.15, 0.2) is 18.1 Å². The van der Waals surface area contributed by atoms with Crippen molar-refractivity contribution in [1.29, 1.82) is 0 Å². The van der Waals surface area contributed by atoms with E-state index < -0.39 is 5.97 Å². The number of esters is 1. The van der Waals surface area contributed by atoms with Gasteiger partial charge in [0.1, 0.15) is 0 Å². The number of hydrogen-bond acceptors (Lipinski definition) is 9. The number of nitrogens with zero attached hydrogens (tertiary/aromatic N) is 4. The Hall–Kier alpha value is -2.81. The number of carbonyl (C=O) groups is 1. The topological polar surface area (TPSA) is 117 Å². The summed E-state index contributed by atoms with van der Waals surface area (Å²) in [7, 11) is 0. The first kappa shape index (κ1) is 19.5. The van der Waals surface area contributed by atoms with Gasteiger partial charge >= 0.3 is 5.97 Å². The van der Waals surface area contributed by atoms with Crippen molar-refractivity contribution in [2.24, 2.45) is 11.3 Å². The Morgan fingerprint density at radius 1 is 1.31 bits per heavy atom. The number of hydrogen-bond donors (Lipinski definition) is 1. The maximum absolute atomic E-state index is 12.1. The van der Waals surface area contributed by atoms with Crippen molar-refractivity contribution in [3.8, 4) is 10.8 Å². The minimum Gasteiger partial charge on any atom is -0.451 e. The number of carbonyl (C=O) groups excluding carboxylic acids is 1. The zero-order chi connectivity index (χ0) is 20.6. The van der Waals surface area contributed by atoms with Crippen LogP contribution in [0, 0.1) is 11.3 Å². The van der Waals surface area contributed by atoms with E-state index in [0.29, 0.717) is 17.2 Å². The van der Waals surface area contributed by atoms with Crippen LogP contribution in [0.5, 0.6) is 0 Å². The SMILES string of the molecule is CC(C)(C)[C@@H]1CCc2sc(-c3nnc(COC(=O)c4nccnc4N)o3)cc2C1. The first-order chi connectivity index (χ1) is 13.8. The highest BCUT2D eigenvalue weighted by molar-refractivity contribution is 7.15. The van der Waals surface area contributed by atoms with Gasteiger partial charge in [-0.05, 0) is 42.2 Å². The minimum absolute atomic E-state index is 0.0152. The quantitative estimate of drug-likeness (QED) is 0.644. The lowest BCUT2D eigenvalue weighted by atomic mass is 9.72. The fourth-order valence-corrected chi connectivity index (χ4v) is 4.61. The summed E-state index contributed by atoms with van der Waals surface area (Å²) in [4.78, 5) is 22.1. The lowest BCUT2D eigenvalue weighted by Gasteiger charge is -2.33. The first-order valence-electron chi connectivity index (χ1n) is 9.49. The number of aryl methyl sites for hydroxylation is 1. The van der Waals surface area contributed by atoms with E-state index in [4.69, 9.17) is 14.9 Å². The van der Waals surface area contributed by atoms with Crippen LogP contribution in [-0.2, 0) is 24.2 Å². The zero-order valence-corrected chi connectivity index (χ0v) is 17.5. The van der Waals surface area contributed by atoms with E-state index in [0.717, 1.165) is 17.7 Å². The molecule has 0 fully saturated rings. The van der Waals surface area contributed by atoms with Crippen LogP contribution in [0.2, 0.25) is 0 Å². The van der Waals surface area contributed by atoms with E-state index in [1.165, 1.54) is 29.3 Å². The van der Waals surface area contributed by atoms with Gasteiger partial charge in [0.25, 0.3) is 11.8 Å². The molecule has 8 nitrogen and oxygen atoms in total. The van der Waals surface area contributed by atoms with Crippen molar-refractivity contribution in [3.63, 3.8) is 0 Å². The molecular weight excluding hydrogens is 390 g/mol. The molecule has 0 radical (unpaired) electrons. The van der Waals surface area contributed by atoms with E-state index in [1.54, 1.807) is 11.3 Å². The second kappa shape index (κ2) is 7.55. The summed E-state index contributed by atoms with van der Waals surface area (Å²) in [5.41, 5.74) is 7.27. The second-order valence-electron chi connectivity index (χ2n) is 8.23. The summed E-state index contributed by atoms with van der Waals surface area (Å²) in [5.74, 6) is 0.664. The largest absolute Gasteiger partial charge is 0.451 e. The highest BCUT2D eigenvalue weighted by Crippen LogP contribution is 2.42. The van der Waals surface area contributed by atoms with Crippen molar-refractivity contribution in [3.05, 3.63) is 40.5 Å². The molecule has 0 unspecified atom stereocenters. The van der Waals surface area contributed by atoms with E-state index in [2.05, 4.69) is 47.0 Å². The average molecular weight is 414 g/mol. The van der Waals surface area contributed by atoms with Crippen LogP contribution < -0.4 is 5.73 Å². The third-order valence-electron chi connectivity index (χ3n) is 5.23. The van der Waals surface area contributed by atoms with Crippen molar-refractivity contribution in [2.45, 2.75) is 46.6 Å². The molecule has 3 heterocycles.